The molecular formula is C13H24N2O. The van der Waals surface area contributed by atoms with E-state index in [-0.39, 0.29) is 5.54 Å². The van der Waals surface area contributed by atoms with Gasteiger partial charge in [-0.2, -0.15) is 5.10 Å². The molecule has 0 aliphatic rings. The van der Waals surface area contributed by atoms with Gasteiger partial charge >= 0.3 is 0 Å². The molecule has 0 aromatic carbocycles. The Morgan fingerprint density at radius 1 is 1.25 bits per heavy atom. The van der Waals surface area contributed by atoms with Crippen LogP contribution in [0.1, 0.15) is 58.8 Å². The SMILES string of the molecule is CCCCc1nn(C(C)(C)C)c(CC)c1O. The van der Waals surface area contributed by atoms with Gasteiger partial charge in [-0.15, -0.1) is 0 Å². The fourth-order valence-corrected chi connectivity index (χ4v) is 1.88. The summed E-state index contributed by atoms with van der Waals surface area (Å²) in [5.74, 6) is 0.408. The van der Waals surface area contributed by atoms with E-state index in [2.05, 4.69) is 39.7 Å². The van der Waals surface area contributed by atoms with Gasteiger partial charge in [-0.05, 0) is 40.0 Å². The maximum atomic E-state index is 10.1. The van der Waals surface area contributed by atoms with Gasteiger partial charge < -0.3 is 5.11 Å². The van der Waals surface area contributed by atoms with Gasteiger partial charge in [0, 0.05) is 0 Å². The Hall–Kier alpha value is -0.990. The highest BCUT2D eigenvalue weighted by Crippen LogP contribution is 2.28. The third-order valence-corrected chi connectivity index (χ3v) is 2.76. The van der Waals surface area contributed by atoms with Crippen molar-refractivity contribution in [2.24, 2.45) is 0 Å². The number of unbranched alkanes of at least 4 members (excludes halogenated alkanes) is 1. The molecule has 0 atom stereocenters. The summed E-state index contributed by atoms with van der Waals surface area (Å²) in [5.41, 5.74) is 1.75. The second kappa shape index (κ2) is 4.89. The first kappa shape index (κ1) is 13.1. The van der Waals surface area contributed by atoms with Crippen LogP contribution in [-0.4, -0.2) is 14.9 Å². The summed E-state index contributed by atoms with van der Waals surface area (Å²) in [6, 6.07) is 0. The van der Waals surface area contributed by atoms with Crippen molar-refractivity contribution in [3.8, 4) is 5.75 Å². The monoisotopic (exact) mass is 224 g/mol. The summed E-state index contributed by atoms with van der Waals surface area (Å²) in [5, 5.41) is 14.7. The molecule has 0 saturated carbocycles. The van der Waals surface area contributed by atoms with E-state index in [1.54, 1.807) is 0 Å². The maximum absolute atomic E-state index is 10.1. The highest BCUT2D eigenvalue weighted by molar-refractivity contribution is 5.33. The lowest BCUT2D eigenvalue weighted by Gasteiger charge is -2.21. The van der Waals surface area contributed by atoms with Crippen molar-refractivity contribution in [1.29, 1.82) is 0 Å². The average molecular weight is 224 g/mol. The highest BCUT2D eigenvalue weighted by Gasteiger charge is 2.23. The van der Waals surface area contributed by atoms with E-state index >= 15 is 0 Å². The molecule has 0 aliphatic heterocycles. The Kier molecular flexibility index (Phi) is 4.00. The van der Waals surface area contributed by atoms with Crippen LogP contribution in [0, 0.1) is 0 Å². The largest absolute Gasteiger partial charge is 0.504 e. The van der Waals surface area contributed by atoms with Crippen molar-refractivity contribution in [3.05, 3.63) is 11.4 Å². The van der Waals surface area contributed by atoms with Crippen LogP contribution in [0.2, 0.25) is 0 Å². The second-order valence-corrected chi connectivity index (χ2v) is 5.28. The molecule has 92 valence electrons. The lowest BCUT2D eigenvalue weighted by atomic mass is 10.1. The molecule has 0 spiro atoms. The quantitative estimate of drug-likeness (QED) is 0.852. The van der Waals surface area contributed by atoms with Gasteiger partial charge in [-0.3, -0.25) is 4.68 Å². The van der Waals surface area contributed by atoms with Gasteiger partial charge in [0.2, 0.25) is 0 Å². The Bertz CT molecular complexity index is 348. The summed E-state index contributed by atoms with van der Waals surface area (Å²) in [6.45, 7) is 10.5. The minimum Gasteiger partial charge on any atom is -0.504 e. The van der Waals surface area contributed by atoms with Gasteiger partial charge in [0.1, 0.15) is 5.69 Å². The van der Waals surface area contributed by atoms with Crippen LogP contribution in [0.5, 0.6) is 5.75 Å². The highest BCUT2D eigenvalue weighted by atomic mass is 16.3. The lowest BCUT2D eigenvalue weighted by Crippen LogP contribution is -2.25. The predicted octanol–water partition coefficient (Wildman–Crippen LogP) is 3.25. The maximum Gasteiger partial charge on any atom is 0.160 e. The zero-order chi connectivity index (χ0) is 12.3. The van der Waals surface area contributed by atoms with E-state index in [4.69, 9.17) is 0 Å². The van der Waals surface area contributed by atoms with Crippen LogP contribution in [0.15, 0.2) is 0 Å². The van der Waals surface area contributed by atoms with Crippen molar-refractivity contribution in [2.45, 2.75) is 65.8 Å². The van der Waals surface area contributed by atoms with Gasteiger partial charge in [0.25, 0.3) is 0 Å². The number of nitrogens with zero attached hydrogens (tertiary/aromatic N) is 2. The Balaban J connectivity index is 3.10. The van der Waals surface area contributed by atoms with Gasteiger partial charge in [-0.1, -0.05) is 20.3 Å². The number of aromatic hydroxyl groups is 1. The number of aryl methyl sites for hydroxylation is 1. The van der Waals surface area contributed by atoms with Gasteiger partial charge in [0.05, 0.1) is 11.2 Å². The molecule has 0 aliphatic carbocycles. The molecule has 1 rings (SSSR count). The van der Waals surface area contributed by atoms with E-state index in [1.807, 2.05) is 4.68 Å². The first-order valence-electron chi connectivity index (χ1n) is 6.22. The molecule has 1 heterocycles. The third-order valence-electron chi connectivity index (χ3n) is 2.76. The summed E-state index contributed by atoms with van der Waals surface area (Å²) in [7, 11) is 0. The summed E-state index contributed by atoms with van der Waals surface area (Å²) in [6.07, 6.45) is 3.90. The molecule has 0 radical (unpaired) electrons. The molecule has 16 heavy (non-hydrogen) atoms. The normalized spacial score (nSPS) is 12.1. The molecule has 1 aromatic heterocycles. The van der Waals surface area contributed by atoms with E-state index in [1.165, 1.54) is 0 Å². The molecule has 0 fully saturated rings. The summed E-state index contributed by atoms with van der Waals surface area (Å²) in [4.78, 5) is 0. The molecule has 0 saturated heterocycles. The number of hydrogen-bond acceptors (Lipinski definition) is 2. The van der Waals surface area contributed by atoms with Crippen LogP contribution >= 0.6 is 0 Å². The zero-order valence-electron chi connectivity index (χ0n) is 11.2. The topological polar surface area (TPSA) is 38.0 Å². The van der Waals surface area contributed by atoms with Gasteiger partial charge in [0.15, 0.2) is 5.75 Å². The van der Waals surface area contributed by atoms with E-state index < -0.39 is 0 Å². The molecule has 0 bridgehead atoms. The minimum absolute atomic E-state index is 0.0622. The fraction of sp³-hybridized carbons (Fsp3) is 0.769. The zero-order valence-corrected chi connectivity index (χ0v) is 11.2. The average Bonchev–Trinajstić information content (AvgIpc) is 2.51. The van der Waals surface area contributed by atoms with Crippen LogP contribution in [0.4, 0.5) is 0 Å². The van der Waals surface area contributed by atoms with Crippen LogP contribution in [0.3, 0.4) is 0 Å². The van der Waals surface area contributed by atoms with Crippen molar-refractivity contribution in [2.75, 3.05) is 0 Å². The number of aromatic nitrogens is 2. The van der Waals surface area contributed by atoms with Crippen molar-refractivity contribution >= 4 is 0 Å². The van der Waals surface area contributed by atoms with Crippen molar-refractivity contribution < 1.29 is 5.11 Å². The van der Waals surface area contributed by atoms with Gasteiger partial charge in [-0.25, -0.2) is 0 Å². The standard InChI is InChI=1S/C13H24N2O/c1-6-8-9-10-12(16)11(7-2)15(14-10)13(3,4)5/h16H,6-9H2,1-5H3. The Morgan fingerprint density at radius 2 is 1.88 bits per heavy atom. The van der Waals surface area contributed by atoms with Crippen LogP contribution < -0.4 is 0 Å². The van der Waals surface area contributed by atoms with E-state index in [0.717, 1.165) is 37.1 Å². The number of rotatable bonds is 4. The third kappa shape index (κ3) is 2.57. The van der Waals surface area contributed by atoms with Crippen molar-refractivity contribution in [3.63, 3.8) is 0 Å². The van der Waals surface area contributed by atoms with E-state index in [0.29, 0.717) is 5.75 Å². The van der Waals surface area contributed by atoms with Crippen LogP contribution in [0.25, 0.3) is 0 Å². The Morgan fingerprint density at radius 3 is 2.25 bits per heavy atom. The predicted molar refractivity (Wildman–Crippen MR) is 66.9 cm³/mol. The molecule has 1 aromatic rings. The van der Waals surface area contributed by atoms with Crippen molar-refractivity contribution in [1.82, 2.24) is 9.78 Å². The molecule has 0 amide bonds. The lowest BCUT2D eigenvalue weighted by molar-refractivity contribution is 0.339. The molecule has 3 nitrogen and oxygen atoms in total. The first-order valence-corrected chi connectivity index (χ1v) is 6.22. The smallest absolute Gasteiger partial charge is 0.160 e. The molecular weight excluding hydrogens is 200 g/mol. The fourth-order valence-electron chi connectivity index (χ4n) is 1.88. The summed E-state index contributed by atoms with van der Waals surface area (Å²) < 4.78 is 1.97. The summed E-state index contributed by atoms with van der Waals surface area (Å²) >= 11 is 0. The molecule has 0 unspecified atom stereocenters. The second-order valence-electron chi connectivity index (χ2n) is 5.28. The first-order chi connectivity index (χ1) is 7.41. The number of hydrogen-bond donors (Lipinski definition) is 1. The molecule has 1 N–H and O–H groups in total. The van der Waals surface area contributed by atoms with E-state index in [9.17, 15) is 5.11 Å². The molecule has 3 heteroatoms. The minimum atomic E-state index is -0.0622. The van der Waals surface area contributed by atoms with Crippen LogP contribution in [-0.2, 0) is 18.4 Å². The Labute approximate surface area is 98.5 Å².